The normalized spacial score (nSPS) is 11.6. The van der Waals surface area contributed by atoms with Gasteiger partial charge in [0.2, 0.25) is 0 Å². The van der Waals surface area contributed by atoms with E-state index in [1.54, 1.807) is 0 Å². The van der Waals surface area contributed by atoms with Gasteiger partial charge in [-0.1, -0.05) is 18.2 Å². The molecule has 0 bridgehead atoms. The molecule has 140 valence electrons. The maximum atomic E-state index is 5.80. The molecule has 0 spiro atoms. The van der Waals surface area contributed by atoms with Crippen LogP contribution in [-0.2, 0) is 0 Å². The van der Waals surface area contributed by atoms with Gasteiger partial charge >= 0.3 is 0 Å². The van der Waals surface area contributed by atoms with E-state index in [0.717, 1.165) is 56.2 Å². The Hall–Kier alpha value is -2.24. The van der Waals surface area contributed by atoms with Crippen LogP contribution in [0.3, 0.4) is 0 Å². The highest BCUT2D eigenvalue weighted by Crippen LogP contribution is 2.21. The molecule has 5 nitrogen and oxygen atoms in total. The Bertz CT molecular complexity index is 641. The number of ether oxygens (including phenoxy) is 1. The Morgan fingerprint density at radius 3 is 2.04 bits per heavy atom. The summed E-state index contributed by atoms with van der Waals surface area (Å²) >= 11 is 0. The lowest BCUT2D eigenvalue weighted by Gasteiger charge is -2.19. The predicted molar refractivity (Wildman–Crippen MR) is 108 cm³/mol. The number of azo groups is 1. The Kier molecular flexibility index (Phi) is 8.79. The molecule has 0 atom stereocenters. The van der Waals surface area contributed by atoms with Gasteiger partial charge < -0.3 is 14.5 Å². The van der Waals surface area contributed by atoms with Crippen molar-refractivity contribution in [2.75, 3.05) is 47.4 Å². The van der Waals surface area contributed by atoms with Gasteiger partial charge in [-0.2, -0.15) is 10.2 Å². The van der Waals surface area contributed by atoms with E-state index in [1.807, 2.05) is 54.6 Å². The molecule has 2 rings (SSSR count). The topological polar surface area (TPSA) is 40.4 Å². The molecule has 26 heavy (non-hydrogen) atoms. The molecule has 0 unspecified atom stereocenters. The molecule has 2 aromatic rings. The molecule has 0 aliphatic carbocycles. The number of hydrogen-bond acceptors (Lipinski definition) is 5. The van der Waals surface area contributed by atoms with Crippen molar-refractivity contribution in [3.05, 3.63) is 54.6 Å². The number of benzene rings is 2. The molecule has 2 aromatic carbocycles. The average Bonchev–Trinajstić information content (AvgIpc) is 2.66. The average molecular weight is 354 g/mol. The van der Waals surface area contributed by atoms with Gasteiger partial charge in [0.25, 0.3) is 0 Å². The third-order valence-corrected chi connectivity index (χ3v) is 4.01. The molecule has 0 aliphatic rings. The number of hydrogen-bond donors (Lipinski definition) is 0. The minimum absolute atomic E-state index is 0.742. The number of likely N-dealkylation sites (N-methyl/N-ethyl adjacent to an activating group) is 2. The molecule has 0 fully saturated rings. The first kappa shape index (κ1) is 20.1. The summed E-state index contributed by atoms with van der Waals surface area (Å²) in [6.45, 7) is 4.05. The summed E-state index contributed by atoms with van der Waals surface area (Å²) in [4.78, 5) is 4.58. The molecule has 0 saturated heterocycles. The van der Waals surface area contributed by atoms with Gasteiger partial charge in [0.15, 0.2) is 0 Å². The summed E-state index contributed by atoms with van der Waals surface area (Å²) in [5.41, 5.74) is 1.67. The van der Waals surface area contributed by atoms with E-state index in [1.165, 1.54) is 0 Å². The first-order chi connectivity index (χ1) is 12.6. The lowest BCUT2D eigenvalue weighted by molar-refractivity contribution is 0.259. The monoisotopic (exact) mass is 354 g/mol. The maximum Gasteiger partial charge on any atom is 0.119 e. The molecule has 5 heteroatoms. The quantitative estimate of drug-likeness (QED) is 0.432. The van der Waals surface area contributed by atoms with Crippen LogP contribution in [0.5, 0.6) is 5.75 Å². The van der Waals surface area contributed by atoms with Gasteiger partial charge in [-0.05, 0) is 76.9 Å². The van der Waals surface area contributed by atoms with Crippen LogP contribution in [0.1, 0.15) is 12.8 Å². The van der Waals surface area contributed by atoms with Crippen LogP contribution in [0.2, 0.25) is 0 Å². The zero-order chi connectivity index (χ0) is 18.6. The van der Waals surface area contributed by atoms with Crippen molar-refractivity contribution in [1.29, 1.82) is 0 Å². The fourth-order valence-corrected chi connectivity index (χ4v) is 2.38. The molecule has 0 aliphatic heterocycles. The molecule has 0 saturated carbocycles. The Morgan fingerprint density at radius 1 is 0.731 bits per heavy atom. The van der Waals surface area contributed by atoms with Crippen LogP contribution in [0, 0.1) is 0 Å². The van der Waals surface area contributed by atoms with Crippen LogP contribution in [0.25, 0.3) is 0 Å². The van der Waals surface area contributed by atoms with E-state index in [-0.39, 0.29) is 0 Å². The van der Waals surface area contributed by atoms with Crippen LogP contribution >= 0.6 is 0 Å². The molecule has 0 heterocycles. The number of nitrogens with zero attached hydrogens (tertiary/aromatic N) is 4. The zero-order valence-electron chi connectivity index (χ0n) is 16.1. The fourth-order valence-electron chi connectivity index (χ4n) is 2.38. The third-order valence-electron chi connectivity index (χ3n) is 4.01. The Balaban J connectivity index is 1.64. The van der Waals surface area contributed by atoms with Crippen molar-refractivity contribution in [3.8, 4) is 5.75 Å². The first-order valence-electron chi connectivity index (χ1n) is 9.16. The van der Waals surface area contributed by atoms with Crippen molar-refractivity contribution >= 4 is 11.4 Å². The third kappa shape index (κ3) is 8.23. The van der Waals surface area contributed by atoms with E-state index in [2.05, 4.69) is 41.2 Å². The van der Waals surface area contributed by atoms with Crippen LogP contribution in [0.15, 0.2) is 64.8 Å². The highest BCUT2D eigenvalue weighted by molar-refractivity contribution is 5.42. The minimum atomic E-state index is 0.742. The van der Waals surface area contributed by atoms with E-state index in [9.17, 15) is 0 Å². The Morgan fingerprint density at radius 2 is 1.38 bits per heavy atom. The summed E-state index contributed by atoms with van der Waals surface area (Å²) in [5.74, 6) is 0.879. The smallest absolute Gasteiger partial charge is 0.119 e. The van der Waals surface area contributed by atoms with Crippen molar-refractivity contribution in [1.82, 2.24) is 9.80 Å². The van der Waals surface area contributed by atoms with Crippen LogP contribution in [-0.4, -0.2) is 57.2 Å². The van der Waals surface area contributed by atoms with Gasteiger partial charge in [-0.25, -0.2) is 0 Å². The number of rotatable bonds is 11. The highest BCUT2D eigenvalue weighted by atomic mass is 16.5. The van der Waals surface area contributed by atoms with Crippen molar-refractivity contribution < 1.29 is 4.74 Å². The summed E-state index contributed by atoms with van der Waals surface area (Å²) in [6, 6.07) is 17.5. The first-order valence-corrected chi connectivity index (χ1v) is 9.16. The molecule has 0 amide bonds. The second-order valence-electron chi connectivity index (χ2n) is 6.69. The minimum Gasteiger partial charge on any atom is -0.494 e. The second kappa shape index (κ2) is 11.4. The molecular weight excluding hydrogens is 324 g/mol. The van der Waals surface area contributed by atoms with Crippen molar-refractivity contribution in [2.45, 2.75) is 12.8 Å². The van der Waals surface area contributed by atoms with E-state index in [4.69, 9.17) is 4.74 Å². The molecule has 0 radical (unpaired) electrons. The highest BCUT2D eigenvalue weighted by Gasteiger charge is 2.00. The standard InChI is InChI=1S/C21H30N4O/c1-24(2)16-17-25(3)15-7-8-18-26-21-13-11-20(12-14-21)23-22-19-9-5-4-6-10-19/h4-6,9-14H,7-8,15-18H2,1-3H3. The van der Waals surface area contributed by atoms with Gasteiger partial charge in [0.1, 0.15) is 5.75 Å². The van der Waals surface area contributed by atoms with Gasteiger partial charge in [-0.3, -0.25) is 0 Å². The fraction of sp³-hybridized carbons (Fsp3) is 0.429. The SMILES string of the molecule is CN(C)CCN(C)CCCCOc1ccc(N=Nc2ccccc2)cc1. The summed E-state index contributed by atoms with van der Waals surface area (Å²) in [6.07, 6.45) is 2.20. The van der Waals surface area contributed by atoms with E-state index < -0.39 is 0 Å². The van der Waals surface area contributed by atoms with Gasteiger partial charge in [0.05, 0.1) is 18.0 Å². The van der Waals surface area contributed by atoms with E-state index >= 15 is 0 Å². The largest absolute Gasteiger partial charge is 0.494 e. The lowest BCUT2D eigenvalue weighted by atomic mass is 10.3. The van der Waals surface area contributed by atoms with Gasteiger partial charge in [0, 0.05) is 13.1 Å². The summed E-state index contributed by atoms with van der Waals surface area (Å²) in [5, 5.41) is 8.45. The van der Waals surface area contributed by atoms with Gasteiger partial charge in [-0.15, -0.1) is 0 Å². The van der Waals surface area contributed by atoms with E-state index in [0.29, 0.717) is 0 Å². The molecule has 0 aromatic heterocycles. The second-order valence-corrected chi connectivity index (χ2v) is 6.69. The summed E-state index contributed by atoms with van der Waals surface area (Å²) < 4.78 is 5.80. The Labute approximate surface area is 157 Å². The molecule has 0 N–H and O–H groups in total. The molecular formula is C21H30N4O. The zero-order valence-corrected chi connectivity index (χ0v) is 16.1. The predicted octanol–water partition coefficient (Wildman–Crippen LogP) is 4.75. The van der Waals surface area contributed by atoms with Crippen LogP contribution in [0.4, 0.5) is 11.4 Å². The van der Waals surface area contributed by atoms with Crippen molar-refractivity contribution in [3.63, 3.8) is 0 Å². The number of unbranched alkanes of at least 4 members (excludes halogenated alkanes) is 1. The lowest BCUT2D eigenvalue weighted by Crippen LogP contribution is -2.29. The van der Waals surface area contributed by atoms with Crippen LogP contribution < -0.4 is 4.74 Å². The summed E-state index contributed by atoms with van der Waals surface area (Å²) in [7, 11) is 6.39. The van der Waals surface area contributed by atoms with Crippen molar-refractivity contribution in [2.24, 2.45) is 10.2 Å². The maximum absolute atomic E-state index is 5.80.